The van der Waals surface area contributed by atoms with Crippen molar-refractivity contribution in [2.45, 2.75) is 59.5 Å². The van der Waals surface area contributed by atoms with Gasteiger partial charge in [0.1, 0.15) is 5.60 Å². The Balaban J connectivity index is 2.53. The second kappa shape index (κ2) is 6.47. The van der Waals surface area contributed by atoms with Gasteiger partial charge in [-0.2, -0.15) is 0 Å². The number of ether oxygens (including phenoxy) is 2. The summed E-state index contributed by atoms with van der Waals surface area (Å²) in [6, 6.07) is 0. The Morgan fingerprint density at radius 2 is 1.85 bits per heavy atom. The summed E-state index contributed by atoms with van der Waals surface area (Å²) in [5, 5.41) is 0. The van der Waals surface area contributed by atoms with Gasteiger partial charge in [0, 0.05) is 5.92 Å². The summed E-state index contributed by atoms with van der Waals surface area (Å²) >= 11 is 0. The topological polar surface area (TPSA) is 35.5 Å². The molecule has 3 atom stereocenters. The van der Waals surface area contributed by atoms with E-state index in [1.165, 1.54) is 0 Å². The molecule has 1 aliphatic rings. The Labute approximate surface area is 123 Å². The van der Waals surface area contributed by atoms with Crippen LogP contribution >= 0.6 is 0 Å². The molecule has 114 valence electrons. The molecule has 0 aromatic carbocycles. The Hall–Kier alpha value is -1.25. The van der Waals surface area contributed by atoms with E-state index in [-0.39, 0.29) is 11.9 Å². The third kappa shape index (κ3) is 5.03. The van der Waals surface area contributed by atoms with E-state index in [0.717, 1.165) is 25.0 Å². The van der Waals surface area contributed by atoms with Crippen molar-refractivity contribution in [3.8, 4) is 0 Å². The van der Waals surface area contributed by atoms with Gasteiger partial charge in [0.05, 0.1) is 17.4 Å². The van der Waals surface area contributed by atoms with Crippen molar-refractivity contribution in [3.63, 3.8) is 0 Å². The van der Waals surface area contributed by atoms with Gasteiger partial charge in [-0.1, -0.05) is 20.1 Å². The second-order valence-corrected chi connectivity index (χ2v) is 6.86. The van der Waals surface area contributed by atoms with Gasteiger partial charge < -0.3 is 9.47 Å². The van der Waals surface area contributed by atoms with Crippen LogP contribution in [0.25, 0.3) is 0 Å². The molecule has 0 radical (unpaired) electrons. The molecule has 3 heteroatoms. The molecular formula is C17H28O3. The van der Waals surface area contributed by atoms with Gasteiger partial charge in [-0.15, -0.1) is 0 Å². The average Bonchev–Trinajstić information content (AvgIpc) is 2.73. The zero-order valence-corrected chi connectivity index (χ0v) is 13.5. The van der Waals surface area contributed by atoms with Gasteiger partial charge in [0.2, 0.25) is 0 Å². The van der Waals surface area contributed by atoms with E-state index in [4.69, 9.17) is 9.47 Å². The molecule has 1 fully saturated rings. The highest BCUT2D eigenvalue weighted by molar-refractivity contribution is 5.72. The number of esters is 1. The molecule has 0 bridgehead atoms. The third-order valence-electron chi connectivity index (χ3n) is 3.72. The van der Waals surface area contributed by atoms with Crippen LogP contribution in [0.15, 0.2) is 24.7 Å². The largest absolute Gasteiger partial charge is 0.467 e. The minimum absolute atomic E-state index is 0.0724. The van der Waals surface area contributed by atoms with Crippen LogP contribution < -0.4 is 0 Å². The number of allylic oxidation sites excluding steroid dienone is 2. The maximum Gasteiger partial charge on any atom is 0.309 e. The average molecular weight is 280 g/mol. The predicted molar refractivity (Wildman–Crippen MR) is 80.9 cm³/mol. The summed E-state index contributed by atoms with van der Waals surface area (Å²) in [4.78, 5) is 12.1. The zero-order valence-electron chi connectivity index (χ0n) is 13.5. The standard InChI is InChI=1S/C17H28O3/c1-11(2)19-13(4)15-9-8-14(10-15)12(3)16(18)20-17(5,6)7/h12,14-15H,1,4,8-10H2,2-3,5-7H3. The van der Waals surface area contributed by atoms with E-state index in [1.54, 1.807) is 0 Å². The zero-order chi connectivity index (χ0) is 15.5. The number of rotatable bonds is 5. The molecule has 20 heavy (non-hydrogen) atoms. The first-order valence-electron chi connectivity index (χ1n) is 7.35. The fourth-order valence-electron chi connectivity index (χ4n) is 2.66. The van der Waals surface area contributed by atoms with Crippen molar-refractivity contribution in [2.24, 2.45) is 17.8 Å². The first kappa shape index (κ1) is 16.8. The summed E-state index contributed by atoms with van der Waals surface area (Å²) in [5.41, 5.74) is -0.421. The summed E-state index contributed by atoms with van der Waals surface area (Å²) in [6.45, 7) is 17.2. The first-order valence-corrected chi connectivity index (χ1v) is 7.35. The van der Waals surface area contributed by atoms with Crippen LogP contribution in [0.3, 0.4) is 0 Å². The molecule has 0 spiro atoms. The van der Waals surface area contributed by atoms with E-state index in [0.29, 0.717) is 17.6 Å². The third-order valence-corrected chi connectivity index (χ3v) is 3.72. The molecule has 0 heterocycles. The van der Waals surface area contributed by atoms with Crippen molar-refractivity contribution >= 4 is 5.97 Å². The van der Waals surface area contributed by atoms with Crippen LogP contribution in [-0.4, -0.2) is 11.6 Å². The molecule has 3 unspecified atom stereocenters. The minimum atomic E-state index is -0.421. The first-order chi connectivity index (χ1) is 9.10. The lowest BCUT2D eigenvalue weighted by Crippen LogP contribution is -2.30. The van der Waals surface area contributed by atoms with Gasteiger partial charge in [0.15, 0.2) is 0 Å². The van der Waals surface area contributed by atoms with Crippen LogP contribution in [0.4, 0.5) is 0 Å². The summed E-state index contributed by atoms with van der Waals surface area (Å²) in [5.74, 6) is 1.93. The maximum absolute atomic E-state index is 12.1. The van der Waals surface area contributed by atoms with Gasteiger partial charge in [-0.3, -0.25) is 4.79 Å². The number of hydrogen-bond acceptors (Lipinski definition) is 3. The summed E-state index contributed by atoms with van der Waals surface area (Å²) in [6.07, 6.45) is 2.97. The van der Waals surface area contributed by atoms with Gasteiger partial charge in [0.25, 0.3) is 0 Å². The normalized spacial score (nSPS) is 24.1. The molecule has 0 aromatic heterocycles. The van der Waals surface area contributed by atoms with Crippen molar-refractivity contribution < 1.29 is 14.3 Å². The number of carbonyl (C=O) groups is 1. The predicted octanol–water partition coefficient (Wildman–Crippen LogP) is 4.44. The molecule has 1 aliphatic carbocycles. The van der Waals surface area contributed by atoms with Crippen LogP contribution in [0.2, 0.25) is 0 Å². The molecule has 3 nitrogen and oxygen atoms in total. The molecule has 1 saturated carbocycles. The highest BCUT2D eigenvalue weighted by Gasteiger charge is 2.35. The number of hydrogen-bond donors (Lipinski definition) is 0. The smallest absolute Gasteiger partial charge is 0.309 e. The van der Waals surface area contributed by atoms with E-state index >= 15 is 0 Å². The number of carbonyl (C=O) groups excluding carboxylic acids is 1. The highest BCUT2D eigenvalue weighted by Crippen LogP contribution is 2.40. The SMILES string of the molecule is C=C(C)OC(=C)C1CCC(C(C)C(=O)OC(C)(C)C)C1. The molecule has 0 saturated heterocycles. The Bertz CT molecular complexity index is 390. The molecule has 0 aromatic rings. The van der Waals surface area contributed by atoms with E-state index in [2.05, 4.69) is 13.2 Å². The van der Waals surface area contributed by atoms with Gasteiger partial charge in [-0.05, 0) is 52.9 Å². The Kier molecular flexibility index (Phi) is 5.43. The Morgan fingerprint density at radius 3 is 2.35 bits per heavy atom. The van der Waals surface area contributed by atoms with E-state index < -0.39 is 5.60 Å². The van der Waals surface area contributed by atoms with Gasteiger partial charge in [-0.25, -0.2) is 0 Å². The molecule has 1 rings (SSSR count). The van der Waals surface area contributed by atoms with Crippen molar-refractivity contribution in [2.75, 3.05) is 0 Å². The lowest BCUT2D eigenvalue weighted by Gasteiger charge is -2.25. The summed E-state index contributed by atoms with van der Waals surface area (Å²) < 4.78 is 11.0. The van der Waals surface area contributed by atoms with Crippen molar-refractivity contribution in [1.82, 2.24) is 0 Å². The molecule has 0 amide bonds. The van der Waals surface area contributed by atoms with Crippen LogP contribution in [-0.2, 0) is 14.3 Å². The lowest BCUT2D eigenvalue weighted by molar-refractivity contribution is -0.161. The van der Waals surface area contributed by atoms with E-state index in [9.17, 15) is 4.79 Å². The fourth-order valence-corrected chi connectivity index (χ4v) is 2.66. The Morgan fingerprint density at radius 1 is 1.25 bits per heavy atom. The molecule has 0 N–H and O–H groups in total. The quantitative estimate of drug-likeness (QED) is 0.551. The lowest BCUT2D eigenvalue weighted by atomic mass is 9.91. The van der Waals surface area contributed by atoms with Crippen molar-refractivity contribution in [3.05, 3.63) is 24.7 Å². The molecular weight excluding hydrogens is 252 g/mol. The van der Waals surface area contributed by atoms with Crippen LogP contribution in [0, 0.1) is 17.8 Å². The molecule has 0 aliphatic heterocycles. The highest BCUT2D eigenvalue weighted by atomic mass is 16.6. The fraction of sp³-hybridized carbons (Fsp3) is 0.706. The second-order valence-electron chi connectivity index (χ2n) is 6.86. The minimum Gasteiger partial charge on any atom is -0.467 e. The van der Waals surface area contributed by atoms with E-state index in [1.807, 2.05) is 34.6 Å². The summed E-state index contributed by atoms with van der Waals surface area (Å²) in [7, 11) is 0. The van der Waals surface area contributed by atoms with Crippen LogP contribution in [0.1, 0.15) is 53.9 Å². The van der Waals surface area contributed by atoms with Crippen molar-refractivity contribution in [1.29, 1.82) is 0 Å². The van der Waals surface area contributed by atoms with Gasteiger partial charge >= 0.3 is 5.97 Å². The maximum atomic E-state index is 12.1. The monoisotopic (exact) mass is 280 g/mol. The van der Waals surface area contributed by atoms with Crippen LogP contribution in [0.5, 0.6) is 0 Å².